The summed E-state index contributed by atoms with van der Waals surface area (Å²) in [6.45, 7) is 0. The maximum absolute atomic E-state index is 10.8. The monoisotopic (exact) mass is 255 g/mol. The van der Waals surface area contributed by atoms with Gasteiger partial charge in [-0.3, -0.25) is 4.98 Å². The number of nitrogens with zero attached hydrogens (tertiary/aromatic N) is 1. The van der Waals surface area contributed by atoms with E-state index in [-0.39, 0.29) is 0 Å². The Morgan fingerprint density at radius 1 is 1.00 bits per heavy atom. The summed E-state index contributed by atoms with van der Waals surface area (Å²) >= 11 is 0. The van der Waals surface area contributed by atoms with Crippen molar-refractivity contribution in [2.24, 2.45) is 0 Å². The van der Waals surface area contributed by atoms with Gasteiger partial charge in [0.2, 0.25) is 0 Å². The molecule has 0 spiro atoms. The molecule has 0 radical (unpaired) electrons. The smallest absolute Gasteiger partial charge is 0.0704 e. The Hall–Kier alpha value is -1.41. The van der Waals surface area contributed by atoms with Crippen molar-refractivity contribution in [3.8, 4) is 0 Å². The number of aliphatic hydroxyl groups is 1. The van der Waals surface area contributed by atoms with Crippen molar-refractivity contribution >= 4 is 10.9 Å². The average Bonchev–Trinajstić information content (AvgIpc) is 2.64. The van der Waals surface area contributed by atoms with Gasteiger partial charge in [-0.1, -0.05) is 43.9 Å². The van der Waals surface area contributed by atoms with Crippen molar-refractivity contribution < 1.29 is 5.11 Å². The summed E-state index contributed by atoms with van der Waals surface area (Å²) in [7, 11) is 0. The lowest BCUT2D eigenvalue weighted by molar-refractivity contribution is 0.0255. The number of benzene rings is 1. The van der Waals surface area contributed by atoms with Crippen LogP contribution in [-0.2, 0) is 6.42 Å². The van der Waals surface area contributed by atoms with Gasteiger partial charge in [-0.15, -0.1) is 0 Å². The minimum Gasteiger partial charge on any atom is -0.390 e. The molecular formula is C17H21NO. The van der Waals surface area contributed by atoms with Gasteiger partial charge in [0.05, 0.1) is 11.1 Å². The zero-order chi connectivity index (χ0) is 13.1. The summed E-state index contributed by atoms with van der Waals surface area (Å²) in [6.07, 6.45) is 9.32. The third kappa shape index (κ3) is 2.79. The lowest BCUT2D eigenvalue weighted by Crippen LogP contribution is -2.30. The molecule has 1 N–H and O–H groups in total. The van der Waals surface area contributed by atoms with Crippen molar-refractivity contribution in [1.29, 1.82) is 0 Å². The first kappa shape index (κ1) is 12.6. The lowest BCUT2D eigenvalue weighted by atomic mass is 9.86. The summed E-state index contributed by atoms with van der Waals surface area (Å²) in [5.41, 5.74) is 1.74. The van der Waals surface area contributed by atoms with Gasteiger partial charge in [-0.25, -0.2) is 0 Å². The molecule has 2 aromatic rings. The number of aromatic nitrogens is 1. The Morgan fingerprint density at radius 3 is 2.53 bits per heavy atom. The van der Waals surface area contributed by atoms with Gasteiger partial charge < -0.3 is 5.11 Å². The van der Waals surface area contributed by atoms with E-state index < -0.39 is 5.60 Å². The molecule has 0 saturated heterocycles. The zero-order valence-corrected chi connectivity index (χ0v) is 11.3. The van der Waals surface area contributed by atoms with Crippen LogP contribution in [0.2, 0.25) is 0 Å². The van der Waals surface area contributed by atoms with Crippen molar-refractivity contribution in [3.63, 3.8) is 0 Å². The van der Waals surface area contributed by atoms with E-state index in [1.165, 1.54) is 23.8 Å². The molecular weight excluding hydrogens is 234 g/mol. The second kappa shape index (κ2) is 5.30. The molecule has 0 unspecified atom stereocenters. The normalized spacial score (nSPS) is 19.2. The van der Waals surface area contributed by atoms with Crippen LogP contribution in [0, 0.1) is 0 Å². The van der Waals surface area contributed by atoms with Crippen LogP contribution in [0.25, 0.3) is 10.9 Å². The molecule has 1 aromatic heterocycles. The van der Waals surface area contributed by atoms with Gasteiger partial charge in [0.25, 0.3) is 0 Å². The predicted molar refractivity (Wildman–Crippen MR) is 78.1 cm³/mol. The molecule has 3 rings (SSSR count). The third-order valence-corrected chi connectivity index (χ3v) is 4.29. The number of pyridine rings is 1. The highest BCUT2D eigenvalue weighted by molar-refractivity contribution is 5.81. The van der Waals surface area contributed by atoms with E-state index in [2.05, 4.69) is 17.1 Å². The molecule has 1 heterocycles. The summed E-state index contributed by atoms with van der Waals surface area (Å²) in [6, 6.07) is 10.3. The van der Waals surface area contributed by atoms with Crippen LogP contribution < -0.4 is 0 Å². The SMILES string of the molecule is OC1(Cc2ccnc3ccccc23)CCCCCC1. The highest BCUT2D eigenvalue weighted by atomic mass is 16.3. The molecule has 1 aromatic carbocycles. The van der Waals surface area contributed by atoms with Gasteiger partial charge in [-0.2, -0.15) is 0 Å². The van der Waals surface area contributed by atoms with E-state index in [4.69, 9.17) is 0 Å². The van der Waals surface area contributed by atoms with E-state index >= 15 is 0 Å². The zero-order valence-electron chi connectivity index (χ0n) is 11.3. The first-order valence-electron chi connectivity index (χ1n) is 7.32. The van der Waals surface area contributed by atoms with Crippen LogP contribution in [0.15, 0.2) is 36.5 Å². The van der Waals surface area contributed by atoms with Crippen LogP contribution in [0.4, 0.5) is 0 Å². The van der Waals surface area contributed by atoms with E-state index in [1.54, 1.807) is 0 Å². The maximum atomic E-state index is 10.8. The molecule has 1 aliphatic rings. The minimum atomic E-state index is -0.513. The van der Waals surface area contributed by atoms with Gasteiger partial charge in [0.15, 0.2) is 0 Å². The van der Waals surface area contributed by atoms with Crippen molar-refractivity contribution in [1.82, 2.24) is 4.98 Å². The van der Waals surface area contributed by atoms with Gasteiger partial charge >= 0.3 is 0 Å². The Labute approximate surface area is 114 Å². The van der Waals surface area contributed by atoms with Crippen LogP contribution in [0.3, 0.4) is 0 Å². The van der Waals surface area contributed by atoms with Crippen molar-refractivity contribution in [3.05, 3.63) is 42.1 Å². The highest BCUT2D eigenvalue weighted by Gasteiger charge is 2.28. The third-order valence-electron chi connectivity index (χ3n) is 4.29. The van der Waals surface area contributed by atoms with E-state index in [9.17, 15) is 5.11 Å². The lowest BCUT2D eigenvalue weighted by Gasteiger charge is -2.27. The topological polar surface area (TPSA) is 33.1 Å². The minimum absolute atomic E-state index is 0.513. The molecule has 0 aliphatic heterocycles. The second-order valence-electron chi connectivity index (χ2n) is 5.80. The van der Waals surface area contributed by atoms with Crippen LogP contribution in [0.5, 0.6) is 0 Å². The number of para-hydroxylation sites is 1. The predicted octanol–water partition coefficient (Wildman–Crippen LogP) is 3.86. The van der Waals surface area contributed by atoms with Gasteiger partial charge in [0.1, 0.15) is 0 Å². The molecule has 1 fully saturated rings. The largest absolute Gasteiger partial charge is 0.390 e. The first-order chi connectivity index (χ1) is 9.27. The maximum Gasteiger partial charge on any atom is 0.0704 e. The van der Waals surface area contributed by atoms with E-state index in [1.807, 2.05) is 24.4 Å². The number of fused-ring (bicyclic) bond motifs is 1. The number of rotatable bonds is 2. The fraction of sp³-hybridized carbons (Fsp3) is 0.471. The molecule has 19 heavy (non-hydrogen) atoms. The Kier molecular flexibility index (Phi) is 3.52. The summed E-state index contributed by atoms with van der Waals surface area (Å²) in [5, 5.41) is 12.0. The Morgan fingerprint density at radius 2 is 1.74 bits per heavy atom. The molecule has 0 bridgehead atoms. The van der Waals surface area contributed by atoms with Gasteiger partial charge in [0, 0.05) is 18.0 Å². The standard InChI is InChI=1S/C17H21NO/c19-17(10-5-1-2-6-11-17)13-14-9-12-18-16-8-4-3-7-15(14)16/h3-4,7-9,12,19H,1-2,5-6,10-11,13H2. The second-order valence-corrected chi connectivity index (χ2v) is 5.80. The van der Waals surface area contributed by atoms with Crippen molar-refractivity contribution in [2.45, 2.75) is 50.5 Å². The average molecular weight is 255 g/mol. The van der Waals surface area contributed by atoms with Crippen LogP contribution >= 0.6 is 0 Å². The van der Waals surface area contributed by atoms with Crippen LogP contribution in [0.1, 0.15) is 44.1 Å². The molecule has 2 nitrogen and oxygen atoms in total. The first-order valence-corrected chi connectivity index (χ1v) is 7.32. The molecule has 0 amide bonds. The fourth-order valence-corrected chi connectivity index (χ4v) is 3.23. The summed E-state index contributed by atoms with van der Waals surface area (Å²) in [4.78, 5) is 4.39. The summed E-state index contributed by atoms with van der Waals surface area (Å²) in [5.74, 6) is 0. The molecule has 1 saturated carbocycles. The van der Waals surface area contributed by atoms with E-state index in [0.717, 1.165) is 37.6 Å². The number of hydrogen-bond donors (Lipinski definition) is 1. The Bertz CT molecular complexity index is 551. The van der Waals surface area contributed by atoms with Crippen molar-refractivity contribution in [2.75, 3.05) is 0 Å². The molecule has 2 heteroatoms. The van der Waals surface area contributed by atoms with E-state index in [0.29, 0.717) is 0 Å². The Balaban J connectivity index is 1.92. The molecule has 100 valence electrons. The molecule has 1 aliphatic carbocycles. The quantitative estimate of drug-likeness (QED) is 0.826. The fourth-order valence-electron chi connectivity index (χ4n) is 3.23. The van der Waals surface area contributed by atoms with Crippen LogP contribution in [-0.4, -0.2) is 15.7 Å². The molecule has 0 atom stereocenters. The van der Waals surface area contributed by atoms with Gasteiger partial charge in [-0.05, 0) is 30.5 Å². The number of hydrogen-bond acceptors (Lipinski definition) is 2. The highest BCUT2D eigenvalue weighted by Crippen LogP contribution is 2.31. The summed E-state index contributed by atoms with van der Waals surface area (Å²) < 4.78 is 0.